The zero-order valence-electron chi connectivity index (χ0n) is 16.7. The van der Waals surface area contributed by atoms with Crippen molar-refractivity contribution in [1.29, 1.82) is 0 Å². The van der Waals surface area contributed by atoms with Crippen LogP contribution in [0.1, 0.15) is 11.3 Å². The molecule has 0 atom stereocenters. The smallest absolute Gasteiger partial charge is 0.283 e. The summed E-state index contributed by atoms with van der Waals surface area (Å²) >= 11 is 0. The highest BCUT2D eigenvalue weighted by Crippen LogP contribution is 2.30. The minimum Gasteiger partial charge on any atom is -0.497 e. The summed E-state index contributed by atoms with van der Waals surface area (Å²) in [5, 5.41) is 4.59. The van der Waals surface area contributed by atoms with Crippen LogP contribution in [0.4, 0.5) is 10.2 Å². The largest absolute Gasteiger partial charge is 0.497 e. The van der Waals surface area contributed by atoms with Gasteiger partial charge in [0.15, 0.2) is 0 Å². The Bertz CT molecular complexity index is 1370. The SMILES string of the molecule is COc1ccc(Cc2nc(N)cc3c2cnn3S(=O)(=O)c2ccc(F)cc2)c(OC)c1. The quantitative estimate of drug-likeness (QED) is 0.489. The molecule has 0 spiro atoms. The molecule has 0 radical (unpaired) electrons. The van der Waals surface area contributed by atoms with Crippen LogP contribution in [0.3, 0.4) is 0 Å². The Kier molecular flexibility index (Phi) is 5.24. The van der Waals surface area contributed by atoms with Crippen molar-refractivity contribution < 1.29 is 22.3 Å². The van der Waals surface area contributed by atoms with Crippen LogP contribution in [0.2, 0.25) is 0 Å². The molecule has 31 heavy (non-hydrogen) atoms. The summed E-state index contributed by atoms with van der Waals surface area (Å²) in [6.45, 7) is 0. The average molecular weight is 442 g/mol. The van der Waals surface area contributed by atoms with Crippen molar-refractivity contribution in [2.75, 3.05) is 20.0 Å². The molecular weight excluding hydrogens is 423 g/mol. The van der Waals surface area contributed by atoms with Gasteiger partial charge in [-0.3, -0.25) is 0 Å². The molecule has 0 saturated carbocycles. The van der Waals surface area contributed by atoms with Gasteiger partial charge in [-0.25, -0.2) is 9.37 Å². The van der Waals surface area contributed by atoms with Gasteiger partial charge >= 0.3 is 0 Å². The number of nitrogens with zero attached hydrogens (tertiary/aromatic N) is 3. The lowest BCUT2D eigenvalue weighted by atomic mass is 10.1. The van der Waals surface area contributed by atoms with Gasteiger partial charge in [-0.2, -0.15) is 17.6 Å². The number of fused-ring (bicyclic) bond motifs is 1. The van der Waals surface area contributed by atoms with Crippen molar-refractivity contribution in [2.45, 2.75) is 11.3 Å². The molecular formula is C21H19FN4O4S. The van der Waals surface area contributed by atoms with E-state index in [2.05, 4.69) is 10.1 Å². The molecule has 0 aliphatic heterocycles. The van der Waals surface area contributed by atoms with Crippen LogP contribution < -0.4 is 15.2 Å². The Labute approximate surface area is 178 Å². The molecule has 2 heterocycles. The molecule has 0 aliphatic rings. The Morgan fingerprint density at radius 3 is 2.48 bits per heavy atom. The van der Waals surface area contributed by atoms with Crippen LogP contribution in [0.25, 0.3) is 10.9 Å². The third-order valence-corrected chi connectivity index (χ3v) is 6.44. The maximum atomic E-state index is 13.2. The first-order valence-corrected chi connectivity index (χ1v) is 10.6. The van der Waals surface area contributed by atoms with Gasteiger partial charge in [0.25, 0.3) is 10.0 Å². The fourth-order valence-electron chi connectivity index (χ4n) is 3.30. The molecule has 8 nitrogen and oxygen atoms in total. The lowest BCUT2D eigenvalue weighted by molar-refractivity contribution is 0.391. The van der Waals surface area contributed by atoms with Crippen molar-refractivity contribution >= 4 is 26.7 Å². The summed E-state index contributed by atoms with van der Waals surface area (Å²) in [6.07, 6.45) is 1.76. The minimum absolute atomic E-state index is 0.0901. The van der Waals surface area contributed by atoms with Gasteiger partial charge in [0.05, 0.1) is 36.5 Å². The summed E-state index contributed by atoms with van der Waals surface area (Å²) in [5.74, 6) is 0.854. The first kappa shape index (κ1) is 20.6. The molecule has 4 rings (SSSR count). The lowest BCUT2D eigenvalue weighted by Gasteiger charge is -2.11. The number of hydrogen-bond donors (Lipinski definition) is 1. The predicted molar refractivity (Wildman–Crippen MR) is 113 cm³/mol. The van der Waals surface area contributed by atoms with Crippen LogP contribution in [0, 0.1) is 5.82 Å². The highest BCUT2D eigenvalue weighted by molar-refractivity contribution is 7.90. The first-order valence-electron chi connectivity index (χ1n) is 9.18. The number of aromatic nitrogens is 3. The Morgan fingerprint density at radius 2 is 1.81 bits per heavy atom. The van der Waals surface area contributed by atoms with E-state index in [9.17, 15) is 12.8 Å². The van der Waals surface area contributed by atoms with E-state index in [4.69, 9.17) is 15.2 Å². The summed E-state index contributed by atoms with van der Waals surface area (Å²) in [6, 6.07) is 11.4. The maximum absolute atomic E-state index is 13.2. The van der Waals surface area contributed by atoms with E-state index in [1.165, 1.54) is 24.4 Å². The normalized spacial score (nSPS) is 11.6. The lowest BCUT2D eigenvalue weighted by Crippen LogP contribution is -2.14. The van der Waals surface area contributed by atoms with E-state index in [-0.39, 0.29) is 16.2 Å². The third kappa shape index (κ3) is 3.77. The Hall–Kier alpha value is -3.66. The fraction of sp³-hybridized carbons (Fsp3) is 0.143. The highest BCUT2D eigenvalue weighted by atomic mass is 32.2. The number of nitrogens with two attached hydrogens (primary N) is 1. The van der Waals surface area contributed by atoms with E-state index in [0.29, 0.717) is 29.0 Å². The first-order chi connectivity index (χ1) is 14.8. The van der Waals surface area contributed by atoms with Crippen LogP contribution >= 0.6 is 0 Å². The van der Waals surface area contributed by atoms with Gasteiger partial charge in [0.2, 0.25) is 0 Å². The van der Waals surface area contributed by atoms with Crippen molar-refractivity contribution in [3.8, 4) is 11.5 Å². The van der Waals surface area contributed by atoms with Crippen LogP contribution in [-0.2, 0) is 16.4 Å². The molecule has 10 heteroatoms. The second kappa shape index (κ2) is 7.88. The zero-order valence-corrected chi connectivity index (χ0v) is 17.6. The summed E-state index contributed by atoms with van der Waals surface area (Å²) in [4.78, 5) is 4.30. The van der Waals surface area contributed by atoms with Gasteiger partial charge in [0, 0.05) is 29.5 Å². The number of anilines is 1. The van der Waals surface area contributed by atoms with Gasteiger partial charge in [-0.15, -0.1) is 0 Å². The standard InChI is InChI=1S/C21H19FN4O4S/c1-29-15-6-3-13(20(10-15)30-2)9-18-17-12-24-26(19(17)11-21(23)25-18)31(27,28)16-7-4-14(22)5-8-16/h3-8,10-12H,9H2,1-2H3,(H2,23,25). The second-order valence-electron chi connectivity index (χ2n) is 6.73. The molecule has 2 aromatic heterocycles. The minimum atomic E-state index is -4.05. The summed E-state index contributed by atoms with van der Waals surface area (Å²) in [5.41, 5.74) is 7.61. The van der Waals surface area contributed by atoms with E-state index in [1.54, 1.807) is 26.4 Å². The number of halogens is 1. The number of pyridine rings is 1. The molecule has 4 aromatic rings. The van der Waals surface area contributed by atoms with Crippen LogP contribution in [0.15, 0.2) is 59.6 Å². The molecule has 160 valence electrons. The summed E-state index contributed by atoms with van der Waals surface area (Å²) in [7, 11) is -0.940. The molecule has 2 N–H and O–H groups in total. The van der Waals surface area contributed by atoms with Crippen LogP contribution in [0.5, 0.6) is 11.5 Å². The highest BCUT2D eigenvalue weighted by Gasteiger charge is 2.23. The topological polar surface area (TPSA) is 109 Å². The molecule has 0 bridgehead atoms. The molecule has 0 saturated heterocycles. The molecule has 0 unspecified atom stereocenters. The monoisotopic (exact) mass is 442 g/mol. The van der Waals surface area contributed by atoms with Crippen molar-refractivity contribution in [3.63, 3.8) is 0 Å². The average Bonchev–Trinajstić information content (AvgIpc) is 3.19. The van der Waals surface area contributed by atoms with Gasteiger partial charge in [0.1, 0.15) is 23.1 Å². The molecule has 0 fully saturated rings. The fourth-order valence-corrected chi connectivity index (χ4v) is 4.56. The zero-order chi connectivity index (χ0) is 22.2. The number of ether oxygens (including phenoxy) is 2. The van der Waals surface area contributed by atoms with Gasteiger partial charge < -0.3 is 15.2 Å². The third-order valence-electron chi connectivity index (χ3n) is 4.82. The number of methoxy groups -OCH3 is 2. The second-order valence-corrected chi connectivity index (χ2v) is 8.50. The maximum Gasteiger partial charge on any atom is 0.283 e. The van der Waals surface area contributed by atoms with Gasteiger partial charge in [-0.1, -0.05) is 6.07 Å². The van der Waals surface area contributed by atoms with Crippen LogP contribution in [-0.4, -0.2) is 36.8 Å². The molecule has 0 amide bonds. The summed E-state index contributed by atoms with van der Waals surface area (Å²) < 4.78 is 50.9. The van der Waals surface area contributed by atoms with E-state index in [1.807, 2.05) is 6.07 Å². The molecule has 0 aliphatic carbocycles. The Balaban J connectivity index is 1.82. The van der Waals surface area contributed by atoms with Gasteiger partial charge in [-0.05, 0) is 30.3 Å². The number of hydrogen-bond acceptors (Lipinski definition) is 7. The van der Waals surface area contributed by atoms with E-state index >= 15 is 0 Å². The molecule has 2 aromatic carbocycles. The van der Waals surface area contributed by atoms with E-state index < -0.39 is 15.8 Å². The van der Waals surface area contributed by atoms with E-state index in [0.717, 1.165) is 21.8 Å². The van der Waals surface area contributed by atoms with Crippen molar-refractivity contribution in [2.24, 2.45) is 0 Å². The van der Waals surface area contributed by atoms with Crippen molar-refractivity contribution in [1.82, 2.24) is 14.2 Å². The number of nitrogen functional groups attached to an aromatic ring is 1. The number of rotatable bonds is 6. The van der Waals surface area contributed by atoms with Crippen molar-refractivity contribution in [3.05, 3.63) is 71.8 Å². The Morgan fingerprint density at radius 1 is 1.06 bits per heavy atom. The number of benzene rings is 2. The predicted octanol–water partition coefficient (Wildman–Crippen LogP) is 3.00.